The van der Waals surface area contributed by atoms with Gasteiger partial charge in [-0.25, -0.2) is 0 Å². The topological polar surface area (TPSA) is 0 Å². The smallest absolute Gasteiger partial charge is 0.0408 e. The van der Waals surface area contributed by atoms with Gasteiger partial charge in [-0.2, -0.15) is 0 Å². The van der Waals surface area contributed by atoms with Crippen LogP contribution in [0.25, 0.3) is 0 Å². The minimum atomic E-state index is 0.460. The van der Waals surface area contributed by atoms with Crippen LogP contribution in [0.4, 0.5) is 0 Å². The molecule has 1 atom stereocenters. The zero-order valence-electron chi connectivity index (χ0n) is 10.1. The quantitative estimate of drug-likeness (QED) is 0.358. The largest absolute Gasteiger partial charge is 0.103 e. The molecule has 1 saturated carbocycles. The van der Waals surface area contributed by atoms with Gasteiger partial charge in [0.25, 0.3) is 0 Å². The molecule has 0 saturated heterocycles. The Kier molecular flexibility index (Phi) is 6.25. The summed E-state index contributed by atoms with van der Waals surface area (Å²) in [4.78, 5) is 0. The molecule has 15 heavy (non-hydrogen) atoms. The maximum absolute atomic E-state index is 3.93. The Balaban J connectivity index is 2.38. The van der Waals surface area contributed by atoms with Crippen molar-refractivity contribution in [2.24, 2.45) is 11.8 Å². The molecule has 0 N–H and O–H groups in total. The van der Waals surface area contributed by atoms with Gasteiger partial charge in [-0.3, -0.25) is 0 Å². The second-order valence-electron chi connectivity index (χ2n) is 4.58. The van der Waals surface area contributed by atoms with Crippen molar-refractivity contribution in [1.29, 1.82) is 0 Å². The number of hydrogen-bond acceptors (Lipinski definition) is 0. The van der Waals surface area contributed by atoms with E-state index < -0.39 is 0 Å². The van der Waals surface area contributed by atoms with Crippen LogP contribution in [0, 0.1) is 23.7 Å². The van der Waals surface area contributed by atoms with E-state index in [1.165, 1.54) is 44.9 Å². The molecule has 0 aromatic carbocycles. The average Bonchev–Trinajstić information content (AvgIpc) is 2.30. The first kappa shape index (κ1) is 12.4. The van der Waals surface area contributed by atoms with E-state index in [-0.39, 0.29) is 0 Å². The third kappa shape index (κ3) is 4.56. The lowest BCUT2D eigenvalue weighted by Gasteiger charge is -2.24. The molecule has 1 fully saturated rings. The van der Waals surface area contributed by atoms with Gasteiger partial charge in [0.1, 0.15) is 0 Å². The minimum absolute atomic E-state index is 0.460. The van der Waals surface area contributed by atoms with Crippen LogP contribution in [0.3, 0.4) is 0 Å². The molecule has 84 valence electrons. The molecule has 0 heteroatoms. The zero-order chi connectivity index (χ0) is 10.9. The molecular weight excluding hydrogens is 180 g/mol. The molecule has 1 aliphatic rings. The third-order valence-electron chi connectivity index (χ3n) is 3.34. The van der Waals surface area contributed by atoms with Crippen LogP contribution in [0.1, 0.15) is 58.3 Å². The minimum Gasteiger partial charge on any atom is -0.103 e. The van der Waals surface area contributed by atoms with Crippen LogP contribution in [0.5, 0.6) is 0 Å². The standard InChI is InChI=1S/C15H24/c1-3-5-6-8-11-14(4-2)15-12-9-7-10-13-15/h4,14-15H,2-3,5-7,9-10,12-13H2,1H3. The number of rotatable bonds is 4. The van der Waals surface area contributed by atoms with E-state index in [2.05, 4.69) is 31.4 Å². The van der Waals surface area contributed by atoms with Crippen molar-refractivity contribution in [1.82, 2.24) is 0 Å². The van der Waals surface area contributed by atoms with Gasteiger partial charge in [0.2, 0.25) is 0 Å². The van der Waals surface area contributed by atoms with E-state index >= 15 is 0 Å². The first-order chi connectivity index (χ1) is 7.38. The van der Waals surface area contributed by atoms with Gasteiger partial charge in [0.05, 0.1) is 0 Å². The fraction of sp³-hybridized carbons (Fsp3) is 0.733. The summed E-state index contributed by atoms with van der Waals surface area (Å²) in [6.07, 6.45) is 12.5. The zero-order valence-corrected chi connectivity index (χ0v) is 10.1. The molecule has 1 aliphatic carbocycles. The van der Waals surface area contributed by atoms with Crippen molar-refractivity contribution in [3.63, 3.8) is 0 Å². The predicted molar refractivity (Wildman–Crippen MR) is 67.6 cm³/mol. The van der Waals surface area contributed by atoms with E-state index in [9.17, 15) is 0 Å². The third-order valence-corrected chi connectivity index (χ3v) is 3.34. The van der Waals surface area contributed by atoms with Crippen LogP contribution in [-0.2, 0) is 0 Å². The highest BCUT2D eigenvalue weighted by Gasteiger charge is 2.19. The van der Waals surface area contributed by atoms with Gasteiger partial charge in [0, 0.05) is 12.3 Å². The lowest BCUT2D eigenvalue weighted by atomic mass is 9.80. The number of hydrogen-bond donors (Lipinski definition) is 0. The Morgan fingerprint density at radius 3 is 2.67 bits per heavy atom. The Morgan fingerprint density at radius 1 is 1.33 bits per heavy atom. The molecule has 0 nitrogen and oxygen atoms in total. The van der Waals surface area contributed by atoms with Gasteiger partial charge < -0.3 is 0 Å². The van der Waals surface area contributed by atoms with E-state index in [0.717, 1.165) is 12.3 Å². The summed E-state index contributed by atoms with van der Waals surface area (Å²) in [7, 11) is 0. The van der Waals surface area contributed by atoms with Crippen molar-refractivity contribution in [3.8, 4) is 11.8 Å². The summed E-state index contributed by atoms with van der Waals surface area (Å²) in [5.74, 6) is 7.98. The molecule has 0 amide bonds. The highest BCUT2D eigenvalue weighted by atomic mass is 14.2. The van der Waals surface area contributed by atoms with Crippen LogP contribution >= 0.6 is 0 Å². The Morgan fingerprint density at radius 2 is 2.07 bits per heavy atom. The summed E-state index contributed by atoms with van der Waals surface area (Å²) in [6, 6.07) is 0. The molecule has 0 aromatic rings. The van der Waals surface area contributed by atoms with Crippen molar-refractivity contribution in [2.75, 3.05) is 0 Å². The summed E-state index contributed by atoms with van der Waals surface area (Å²) >= 11 is 0. The second kappa shape index (κ2) is 7.57. The fourth-order valence-corrected chi connectivity index (χ4v) is 2.32. The molecule has 0 bridgehead atoms. The van der Waals surface area contributed by atoms with E-state index in [1.807, 2.05) is 0 Å². The van der Waals surface area contributed by atoms with Crippen LogP contribution < -0.4 is 0 Å². The van der Waals surface area contributed by atoms with Gasteiger partial charge >= 0.3 is 0 Å². The molecule has 0 heterocycles. The SMILES string of the molecule is C=CC(C#CCCCC)C1CCCCC1. The lowest BCUT2D eigenvalue weighted by Crippen LogP contribution is -2.14. The maximum atomic E-state index is 3.93. The van der Waals surface area contributed by atoms with E-state index in [1.54, 1.807) is 0 Å². The first-order valence-electron chi connectivity index (χ1n) is 6.49. The van der Waals surface area contributed by atoms with Crippen LogP contribution in [0.15, 0.2) is 12.7 Å². The maximum Gasteiger partial charge on any atom is 0.0408 e. The molecule has 0 radical (unpaired) electrons. The Labute approximate surface area is 95.2 Å². The number of allylic oxidation sites excluding steroid dienone is 1. The summed E-state index contributed by atoms with van der Waals surface area (Å²) in [5.41, 5.74) is 0. The van der Waals surface area contributed by atoms with Crippen LogP contribution in [0.2, 0.25) is 0 Å². The lowest BCUT2D eigenvalue weighted by molar-refractivity contribution is 0.324. The Hall–Kier alpha value is -0.700. The molecule has 1 rings (SSSR count). The van der Waals surface area contributed by atoms with E-state index in [0.29, 0.717) is 5.92 Å². The molecule has 0 aromatic heterocycles. The second-order valence-corrected chi connectivity index (χ2v) is 4.58. The highest BCUT2D eigenvalue weighted by molar-refractivity contribution is 5.11. The van der Waals surface area contributed by atoms with E-state index in [4.69, 9.17) is 0 Å². The monoisotopic (exact) mass is 204 g/mol. The summed E-state index contributed by atoms with van der Waals surface area (Å²) < 4.78 is 0. The van der Waals surface area contributed by atoms with Crippen molar-refractivity contribution in [2.45, 2.75) is 58.3 Å². The molecule has 0 aliphatic heterocycles. The molecular formula is C15H24. The van der Waals surface area contributed by atoms with Gasteiger partial charge in [-0.15, -0.1) is 12.5 Å². The van der Waals surface area contributed by atoms with Gasteiger partial charge in [-0.05, 0) is 25.2 Å². The van der Waals surface area contributed by atoms with Crippen molar-refractivity contribution < 1.29 is 0 Å². The summed E-state index contributed by atoms with van der Waals surface area (Å²) in [6.45, 7) is 6.15. The normalized spacial score (nSPS) is 19.0. The molecule has 1 unspecified atom stereocenters. The van der Waals surface area contributed by atoms with Crippen molar-refractivity contribution >= 4 is 0 Å². The van der Waals surface area contributed by atoms with Gasteiger partial charge in [0.15, 0.2) is 0 Å². The highest BCUT2D eigenvalue weighted by Crippen LogP contribution is 2.30. The predicted octanol–water partition coefficient (Wildman–Crippen LogP) is 4.56. The fourth-order valence-electron chi connectivity index (χ4n) is 2.32. The number of unbranched alkanes of at least 4 members (excludes halogenated alkanes) is 2. The van der Waals surface area contributed by atoms with Crippen LogP contribution in [-0.4, -0.2) is 0 Å². The van der Waals surface area contributed by atoms with Gasteiger partial charge in [-0.1, -0.05) is 44.6 Å². The van der Waals surface area contributed by atoms with Crippen molar-refractivity contribution in [3.05, 3.63) is 12.7 Å². The Bertz CT molecular complexity index is 222. The average molecular weight is 204 g/mol. The first-order valence-corrected chi connectivity index (χ1v) is 6.49. The molecule has 0 spiro atoms. The summed E-state index contributed by atoms with van der Waals surface area (Å²) in [5, 5.41) is 0.